The van der Waals surface area contributed by atoms with Crippen molar-refractivity contribution < 1.29 is 4.74 Å². The lowest BCUT2D eigenvalue weighted by Crippen LogP contribution is -2.19. The SMILES string of the molecule is C[C@H](N=C=S)[C@H]1CCCO1. The Hall–Kier alpha value is -0.240. The van der Waals surface area contributed by atoms with E-state index in [0.29, 0.717) is 0 Å². The number of hydrogen-bond acceptors (Lipinski definition) is 3. The van der Waals surface area contributed by atoms with Crippen LogP contribution >= 0.6 is 12.2 Å². The van der Waals surface area contributed by atoms with Gasteiger partial charge in [-0.15, -0.1) is 0 Å². The third-order valence-electron chi connectivity index (χ3n) is 1.76. The van der Waals surface area contributed by atoms with Gasteiger partial charge in [-0.3, -0.25) is 0 Å². The van der Waals surface area contributed by atoms with Gasteiger partial charge in [-0.1, -0.05) is 0 Å². The summed E-state index contributed by atoms with van der Waals surface area (Å²) < 4.78 is 5.39. The van der Waals surface area contributed by atoms with Gasteiger partial charge < -0.3 is 4.74 Å². The van der Waals surface area contributed by atoms with Crippen LogP contribution in [0.3, 0.4) is 0 Å². The van der Waals surface area contributed by atoms with E-state index in [9.17, 15) is 0 Å². The summed E-state index contributed by atoms with van der Waals surface area (Å²) in [6.07, 6.45) is 2.55. The molecule has 0 aromatic carbocycles. The molecule has 0 amide bonds. The molecule has 1 heterocycles. The van der Waals surface area contributed by atoms with E-state index >= 15 is 0 Å². The molecule has 0 N–H and O–H groups in total. The molecule has 0 unspecified atom stereocenters. The maximum atomic E-state index is 5.39. The van der Waals surface area contributed by atoms with Crippen molar-refractivity contribution in [1.29, 1.82) is 0 Å². The quantitative estimate of drug-likeness (QED) is 0.449. The molecule has 3 heteroatoms. The molecule has 0 bridgehead atoms. The first kappa shape index (κ1) is 7.86. The standard InChI is InChI=1S/C7H11NOS/c1-6(8-5-10)7-3-2-4-9-7/h6-7H,2-4H2,1H3/t6-,7+/m0/s1. The van der Waals surface area contributed by atoms with Gasteiger partial charge in [-0.05, 0) is 32.0 Å². The van der Waals surface area contributed by atoms with Crippen LogP contribution in [0.4, 0.5) is 0 Å². The number of rotatable bonds is 2. The largest absolute Gasteiger partial charge is 0.376 e. The average molecular weight is 157 g/mol. The summed E-state index contributed by atoms with van der Waals surface area (Å²) in [6, 6.07) is 0.194. The predicted molar refractivity (Wildman–Crippen MR) is 43.5 cm³/mol. The van der Waals surface area contributed by atoms with Crippen LogP contribution in [0.1, 0.15) is 19.8 Å². The van der Waals surface area contributed by atoms with Crippen LogP contribution in [0.5, 0.6) is 0 Å². The summed E-state index contributed by atoms with van der Waals surface area (Å²) >= 11 is 4.49. The van der Waals surface area contributed by atoms with Gasteiger partial charge in [-0.2, -0.15) is 0 Å². The van der Waals surface area contributed by atoms with Gasteiger partial charge in [0.25, 0.3) is 0 Å². The third kappa shape index (κ3) is 1.87. The van der Waals surface area contributed by atoms with Gasteiger partial charge in [0.1, 0.15) is 0 Å². The molecular weight excluding hydrogens is 146 g/mol. The molecule has 0 radical (unpaired) electrons. The van der Waals surface area contributed by atoms with E-state index in [2.05, 4.69) is 22.4 Å². The first-order chi connectivity index (χ1) is 4.84. The first-order valence-electron chi connectivity index (χ1n) is 3.53. The summed E-state index contributed by atoms with van der Waals surface area (Å²) in [5.74, 6) is 0. The van der Waals surface area contributed by atoms with Crippen molar-refractivity contribution in [2.24, 2.45) is 4.99 Å². The van der Waals surface area contributed by atoms with Crippen LogP contribution < -0.4 is 0 Å². The molecule has 0 saturated carbocycles. The van der Waals surface area contributed by atoms with Crippen molar-refractivity contribution in [2.75, 3.05) is 6.61 Å². The van der Waals surface area contributed by atoms with E-state index in [1.165, 1.54) is 0 Å². The van der Waals surface area contributed by atoms with E-state index in [0.717, 1.165) is 19.4 Å². The first-order valence-corrected chi connectivity index (χ1v) is 3.94. The van der Waals surface area contributed by atoms with E-state index in [4.69, 9.17) is 4.74 Å². The highest BCUT2D eigenvalue weighted by molar-refractivity contribution is 7.78. The van der Waals surface area contributed by atoms with Crippen molar-refractivity contribution in [3.63, 3.8) is 0 Å². The minimum Gasteiger partial charge on any atom is -0.376 e. The lowest BCUT2D eigenvalue weighted by atomic mass is 10.1. The Morgan fingerprint density at radius 3 is 3.10 bits per heavy atom. The fourth-order valence-electron chi connectivity index (χ4n) is 1.15. The average Bonchev–Trinajstić information content (AvgIpc) is 2.38. The minimum atomic E-state index is 0.194. The zero-order valence-corrected chi connectivity index (χ0v) is 6.86. The zero-order chi connectivity index (χ0) is 7.40. The fourth-order valence-corrected chi connectivity index (χ4v) is 1.32. The van der Waals surface area contributed by atoms with Gasteiger partial charge in [0.05, 0.1) is 17.3 Å². The van der Waals surface area contributed by atoms with Crippen molar-refractivity contribution in [3.05, 3.63) is 0 Å². The van der Waals surface area contributed by atoms with E-state index in [1.54, 1.807) is 0 Å². The molecular formula is C7H11NOS. The van der Waals surface area contributed by atoms with Crippen molar-refractivity contribution in [3.8, 4) is 0 Å². The highest BCUT2D eigenvalue weighted by atomic mass is 32.1. The molecule has 56 valence electrons. The van der Waals surface area contributed by atoms with E-state index < -0.39 is 0 Å². The minimum absolute atomic E-state index is 0.194. The topological polar surface area (TPSA) is 21.6 Å². The molecule has 2 nitrogen and oxygen atoms in total. The third-order valence-corrected chi connectivity index (χ3v) is 1.86. The number of hydrogen-bond donors (Lipinski definition) is 0. The number of nitrogens with zero attached hydrogens (tertiary/aromatic N) is 1. The van der Waals surface area contributed by atoms with Crippen molar-refractivity contribution in [2.45, 2.75) is 31.9 Å². The second kappa shape index (κ2) is 3.81. The fraction of sp³-hybridized carbons (Fsp3) is 0.857. The number of ether oxygens (including phenoxy) is 1. The van der Waals surface area contributed by atoms with E-state index in [-0.39, 0.29) is 12.1 Å². The smallest absolute Gasteiger partial charge is 0.0836 e. The molecule has 0 aromatic heterocycles. The molecule has 0 aliphatic carbocycles. The Kier molecular flexibility index (Phi) is 3.00. The highest BCUT2D eigenvalue weighted by Crippen LogP contribution is 2.16. The monoisotopic (exact) mass is 157 g/mol. The Morgan fingerprint density at radius 2 is 2.60 bits per heavy atom. The molecule has 1 fully saturated rings. The van der Waals surface area contributed by atoms with Crippen LogP contribution in [0.25, 0.3) is 0 Å². The molecule has 1 rings (SSSR count). The lowest BCUT2D eigenvalue weighted by molar-refractivity contribution is 0.0955. The van der Waals surface area contributed by atoms with Gasteiger partial charge in [-0.25, -0.2) is 4.99 Å². The number of isothiocyanates is 1. The van der Waals surface area contributed by atoms with Crippen LogP contribution in [0, 0.1) is 0 Å². The maximum Gasteiger partial charge on any atom is 0.0836 e. The van der Waals surface area contributed by atoms with Crippen LogP contribution in [0.15, 0.2) is 4.99 Å². The number of aliphatic imine (C=N–C) groups is 1. The summed E-state index contributed by atoms with van der Waals surface area (Å²) in [6.45, 7) is 2.89. The van der Waals surface area contributed by atoms with Crippen LogP contribution in [-0.2, 0) is 4.74 Å². The summed E-state index contributed by atoms with van der Waals surface area (Å²) in [4.78, 5) is 3.95. The van der Waals surface area contributed by atoms with Gasteiger partial charge >= 0.3 is 0 Å². The molecule has 1 saturated heterocycles. The van der Waals surface area contributed by atoms with Gasteiger partial charge in [0.2, 0.25) is 0 Å². The highest BCUT2D eigenvalue weighted by Gasteiger charge is 2.21. The Balaban J connectivity index is 2.39. The molecule has 1 aliphatic heterocycles. The van der Waals surface area contributed by atoms with Crippen molar-refractivity contribution >= 4 is 17.4 Å². The van der Waals surface area contributed by atoms with E-state index in [1.807, 2.05) is 6.92 Å². The Morgan fingerprint density at radius 1 is 1.80 bits per heavy atom. The Labute approximate surface area is 66.3 Å². The summed E-state index contributed by atoms with van der Waals surface area (Å²) in [7, 11) is 0. The normalized spacial score (nSPS) is 27.5. The second-order valence-electron chi connectivity index (χ2n) is 2.51. The maximum absolute atomic E-state index is 5.39. The van der Waals surface area contributed by atoms with Gasteiger partial charge in [0.15, 0.2) is 0 Å². The lowest BCUT2D eigenvalue weighted by Gasteiger charge is -2.11. The molecule has 2 atom stereocenters. The molecule has 0 spiro atoms. The second-order valence-corrected chi connectivity index (χ2v) is 2.70. The predicted octanol–water partition coefficient (Wildman–Crippen LogP) is 1.66. The zero-order valence-electron chi connectivity index (χ0n) is 6.04. The molecule has 1 aliphatic rings. The summed E-state index contributed by atoms with van der Waals surface area (Å²) in [5.41, 5.74) is 0. The van der Waals surface area contributed by atoms with Crippen LogP contribution in [0.2, 0.25) is 0 Å². The van der Waals surface area contributed by atoms with Crippen LogP contribution in [-0.4, -0.2) is 23.9 Å². The molecule has 0 aromatic rings. The Bertz CT molecular complexity index is 148. The van der Waals surface area contributed by atoms with Gasteiger partial charge in [0, 0.05) is 6.61 Å². The number of thiocarbonyl (C=S) groups is 1. The summed E-state index contributed by atoms with van der Waals surface area (Å²) in [5, 5.41) is 2.37. The van der Waals surface area contributed by atoms with Crippen molar-refractivity contribution in [1.82, 2.24) is 0 Å². The molecule has 10 heavy (non-hydrogen) atoms.